The molecule has 1 heterocycles. The van der Waals surface area contributed by atoms with Gasteiger partial charge in [-0.1, -0.05) is 0 Å². The minimum absolute atomic E-state index is 0.0348. The van der Waals surface area contributed by atoms with Gasteiger partial charge in [-0.15, -0.1) is 0 Å². The van der Waals surface area contributed by atoms with E-state index in [2.05, 4.69) is 5.32 Å². The second-order valence-electron chi connectivity index (χ2n) is 2.84. The fraction of sp³-hybridized carbons (Fsp3) is 0.875. The standard InChI is InChI=1S/C8H15NO3/c1-11-4-2-7-6-12-5-3-9-8(7)10/h7H,2-6H2,1H3,(H,9,10). The summed E-state index contributed by atoms with van der Waals surface area (Å²) in [5.74, 6) is 0.0528. The van der Waals surface area contributed by atoms with E-state index in [1.165, 1.54) is 0 Å². The molecule has 0 bridgehead atoms. The molecule has 0 saturated carbocycles. The fourth-order valence-corrected chi connectivity index (χ4v) is 1.17. The minimum Gasteiger partial charge on any atom is -0.385 e. The van der Waals surface area contributed by atoms with Crippen molar-refractivity contribution in [3.63, 3.8) is 0 Å². The molecule has 0 spiro atoms. The number of hydrogen-bond donors (Lipinski definition) is 1. The summed E-state index contributed by atoms with van der Waals surface area (Å²) < 4.78 is 10.1. The van der Waals surface area contributed by atoms with Crippen molar-refractivity contribution in [3.05, 3.63) is 0 Å². The van der Waals surface area contributed by atoms with E-state index in [0.717, 1.165) is 6.42 Å². The van der Waals surface area contributed by atoms with Crippen LogP contribution in [-0.4, -0.2) is 39.4 Å². The molecule has 1 rings (SSSR count). The maximum atomic E-state index is 11.3. The molecular weight excluding hydrogens is 158 g/mol. The van der Waals surface area contributed by atoms with Crippen LogP contribution in [0.4, 0.5) is 0 Å². The highest BCUT2D eigenvalue weighted by atomic mass is 16.5. The first kappa shape index (κ1) is 9.48. The predicted molar refractivity (Wildman–Crippen MR) is 43.8 cm³/mol. The van der Waals surface area contributed by atoms with E-state index < -0.39 is 0 Å². The van der Waals surface area contributed by atoms with Crippen molar-refractivity contribution < 1.29 is 14.3 Å². The molecule has 4 heteroatoms. The van der Waals surface area contributed by atoms with Gasteiger partial charge >= 0.3 is 0 Å². The lowest BCUT2D eigenvalue weighted by Crippen LogP contribution is -2.31. The van der Waals surface area contributed by atoms with E-state index in [1.54, 1.807) is 7.11 Å². The summed E-state index contributed by atoms with van der Waals surface area (Å²) in [5.41, 5.74) is 0. The van der Waals surface area contributed by atoms with Gasteiger partial charge in [-0.2, -0.15) is 0 Å². The van der Waals surface area contributed by atoms with Crippen molar-refractivity contribution >= 4 is 5.91 Å². The number of hydrogen-bond acceptors (Lipinski definition) is 3. The van der Waals surface area contributed by atoms with Crippen LogP contribution in [0.25, 0.3) is 0 Å². The number of ether oxygens (including phenoxy) is 2. The Kier molecular flexibility index (Phi) is 4.04. The van der Waals surface area contributed by atoms with Crippen LogP contribution in [0, 0.1) is 5.92 Å². The van der Waals surface area contributed by atoms with Crippen molar-refractivity contribution in [2.24, 2.45) is 5.92 Å². The lowest BCUT2D eigenvalue weighted by atomic mass is 10.1. The van der Waals surface area contributed by atoms with Crippen LogP contribution >= 0.6 is 0 Å². The molecule has 1 aliphatic rings. The van der Waals surface area contributed by atoms with Gasteiger partial charge in [0.15, 0.2) is 0 Å². The molecule has 1 atom stereocenters. The average Bonchev–Trinajstić information content (AvgIpc) is 2.27. The van der Waals surface area contributed by atoms with Gasteiger partial charge in [-0.3, -0.25) is 4.79 Å². The molecule has 0 aromatic heterocycles. The lowest BCUT2D eigenvalue weighted by molar-refractivity contribution is -0.125. The summed E-state index contributed by atoms with van der Waals surface area (Å²) in [7, 11) is 1.63. The van der Waals surface area contributed by atoms with Gasteiger partial charge in [0.1, 0.15) is 0 Å². The minimum atomic E-state index is -0.0348. The Morgan fingerprint density at radius 3 is 3.33 bits per heavy atom. The summed E-state index contributed by atoms with van der Waals surface area (Å²) in [6.07, 6.45) is 0.738. The Hall–Kier alpha value is -0.610. The van der Waals surface area contributed by atoms with Crippen LogP contribution in [0.2, 0.25) is 0 Å². The molecule has 4 nitrogen and oxygen atoms in total. The fourth-order valence-electron chi connectivity index (χ4n) is 1.17. The largest absolute Gasteiger partial charge is 0.385 e. The van der Waals surface area contributed by atoms with E-state index in [0.29, 0.717) is 26.4 Å². The first-order valence-corrected chi connectivity index (χ1v) is 4.19. The topological polar surface area (TPSA) is 47.6 Å². The highest BCUT2D eigenvalue weighted by molar-refractivity contribution is 5.78. The monoisotopic (exact) mass is 173 g/mol. The van der Waals surface area contributed by atoms with Crippen molar-refractivity contribution in [3.8, 4) is 0 Å². The van der Waals surface area contributed by atoms with Gasteiger partial charge in [-0.05, 0) is 6.42 Å². The first-order chi connectivity index (χ1) is 5.84. The second-order valence-corrected chi connectivity index (χ2v) is 2.84. The van der Waals surface area contributed by atoms with Gasteiger partial charge in [0, 0.05) is 20.3 Å². The number of carbonyl (C=O) groups is 1. The molecule has 12 heavy (non-hydrogen) atoms. The maximum absolute atomic E-state index is 11.3. The third kappa shape index (κ3) is 2.79. The normalized spacial score (nSPS) is 24.8. The Morgan fingerprint density at radius 2 is 2.58 bits per heavy atom. The molecule has 0 aliphatic carbocycles. The average molecular weight is 173 g/mol. The summed E-state index contributed by atoms with van der Waals surface area (Å²) in [6.45, 7) is 2.38. The van der Waals surface area contributed by atoms with Crippen LogP contribution in [0.5, 0.6) is 0 Å². The van der Waals surface area contributed by atoms with Crippen LogP contribution in [0.1, 0.15) is 6.42 Å². The quantitative estimate of drug-likeness (QED) is 0.642. The number of methoxy groups -OCH3 is 1. The van der Waals surface area contributed by atoms with Gasteiger partial charge in [0.25, 0.3) is 0 Å². The van der Waals surface area contributed by atoms with Crippen LogP contribution in [-0.2, 0) is 14.3 Å². The zero-order valence-corrected chi connectivity index (χ0v) is 7.34. The van der Waals surface area contributed by atoms with Crippen LogP contribution < -0.4 is 5.32 Å². The maximum Gasteiger partial charge on any atom is 0.225 e. The third-order valence-electron chi connectivity index (χ3n) is 1.91. The summed E-state index contributed by atoms with van der Waals surface area (Å²) in [5, 5.41) is 2.78. The molecule has 1 aliphatic heterocycles. The number of rotatable bonds is 3. The highest BCUT2D eigenvalue weighted by Gasteiger charge is 2.20. The van der Waals surface area contributed by atoms with E-state index in [1.807, 2.05) is 0 Å². The van der Waals surface area contributed by atoms with Crippen molar-refractivity contribution in [2.75, 3.05) is 33.5 Å². The predicted octanol–water partition coefficient (Wildman–Crippen LogP) is -0.215. The summed E-state index contributed by atoms with van der Waals surface area (Å²) in [6, 6.07) is 0. The van der Waals surface area contributed by atoms with Gasteiger partial charge in [0.2, 0.25) is 5.91 Å². The van der Waals surface area contributed by atoms with Crippen molar-refractivity contribution in [1.29, 1.82) is 0 Å². The Morgan fingerprint density at radius 1 is 1.75 bits per heavy atom. The molecule has 1 saturated heterocycles. The van der Waals surface area contributed by atoms with Gasteiger partial charge in [0.05, 0.1) is 19.1 Å². The zero-order valence-electron chi connectivity index (χ0n) is 7.34. The molecule has 1 unspecified atom stereocenters. The first-order valence-electron chi connectivity index (χ1n) is 4.19. The molecule has 70 valence electrons. The lowest BCUT2D eigenvalue weighted by Gasteiger charge is -2.10. The molecule has 0 aromatic rings. The molecule has 1 fully saturated rings. The third-order valence-corrected chi connectivity index (χ3v) is 1.91. The van der Waals surface area contributed by atoms with Crippen LogP contribution in [0.15, 0.2) is 0 Å². The molecule has 0 aromatic carbocycles. The molecule has 1 N–H and O–H groups in total. The molecule has 1 amide bonds. The number of nitrogens with one attached hydrogen (secondary N) is 1. The van der Waals surface area contributed by atoms with E-state index >= 15 is 0 Å². The van der Waals surface area contributed by atoms with Gasteiger partial charge < -0.3 is 14.8 Å². The van der Waals surface area contributed by atoms with Crippen LogP contribution in [0.3, 0.4) is 0 Å². The molecule has 0 radical (unpaired) electrons. The van der Waals surface area contributed by atoms with E-state index in [4.69, 9.17) is 9.47 Å². The van der Waals surface area contributed by atoms with E-state index in [-0.39, 0.29) is 11.8 Å². The summed E-state index contributed by atoms with van der Waals surface area (Å²) in [4.78, 5) is 11.3. The zero-order chi connectivity index (χ0) is 8.81. The van der Waals surface area contributed by atoms with Crippen molar-refractivity contribution in [2.45, 2.75) is 6.42 Å². The smallest absolute Gasteiger partial charge is 0.225 e. The Balaban J connectivity index is 2.31. The Labute approximate surface area is 72.2 Å². The van der Waals surface area contributed by atoms with Crippen molar-refractivity contribution in [1.82, 2.24) is 5.32 Å². The van der Waals surface area contributed by atoms with E-state index in [9.17, 15) is 4.79 Å². The highest BCUT2D eigenvalue weighted by Crippen LogP contribution is 2.06. The second kappa shape index (κ2) is 5.11. The SMILES string of the molecule is COCCC1COCCNC1=O. The number of carbonyl (C=O) groups excluding carboxylic acids is 1. The molecular formula is C8H15NO3. The number of amides is 1. The Bertz CT molecular complexity index is 149. The van der Waals surface area contributed by atoms with Gasteiger partial charge in [-0.25, -0.2) is 0 Å². The summed E-state index contributed by atoms with van der Waals surface area (Å²) >= 11 is 0.